The van der Waals surface area contributed by atoms with Gasteiger partial charge in [0.2, 0.25) is 0 Å². The van der Waals surface area contributed by atoms with Crippen molar-refractivity contribution in [2.24, 2.45) is 0 Å². The van der Waals surface area contributed by atoms with Gasteiger partial charge in [0.1, 0.15) is 0 Å². The zero-order valence-corrected chi connectivity index (χ0v) is 19.4. The average molecular weight is 502 g/mol. The third kappa shape index (κ3) is 3.55. The number of para-hydroxylation sites is 1. The number of fused-ring (bicyclic) bond motifs is 2. The van der Waals surface area contributed by atoms with Crippen LogP contribution >= 0.6 is 23.2 Å². The molecule has 0 bridgehead atoms. The highest BCUT2D eigenvalue weighted by Crippen LogP contribution is 2.33. The van der Waals surface area contributed by atoms with Crippen molar-refractivity contribution in [2.45, 2.75) is 17.7 Å². The highest BCUT2D eigenvalue weighted by molar-refractivity contribution is 7.92. The second-order valence-electron chi connectivity index (χ2n) is 7.66. The summed E-state index contributed by atoms with van der Waals surface area (Å²) in [6.45, 7) is 0.323. The Morgan fingerprint density at radius 1 is 0.879 bits per heavy atom. The van der Waals surface area contributed by atoms with Crippen LogP contribution in [0.4, 0.5) is 5.69 Å². The first-order chi connectivity index (χ1) is 15.8. The van der Waals surface area contributed by atoms with Crippen LogP contribution < -0.4 is 15.6 Å². The molecule has 0 amide bonds. The van der Waals surface area contributed by atoms with Crippen molar-refractivity contribution in [2.75, 3.05) is 10.8 Å². The number of rotatable bonds is 3. The Kier molecular flexibility index (Phi) is 5.31. The molecule has 4 aromatic rings. The van der Waals surface area contributed by atoms with Gasteiger partial charge in [-0.3, -0.25) is 9.10 Å². The highest BCUT2D eigenvalue weighted by Gasteiger charge is 2.30. The number of sulfonamides is 1. The van der Waals surface area contributed by atoms with E-state index in [-0.39, 0.29) is 31.5 Å². The first-order valence-electron chi connectivity index (χ1n) is 10.1. The first kappa shape index (κ1) is 21.8. The molecule has 10 heteroatoms. The van der Waals surface area contributed by atoms with Gasteiger partial charge in [0.25, 0.3) is 15.6 Å². The number of hydrogen-bond acceptors (Lipinski definition) is 4. The van der Waals surface area contributed by atoms with Crippen molar-refractivity contribution in [3.63, 3.8) is 0 Å². The molecule has 33 heavy (non-hydrogen) atoms. The molecular weight excluding hydrogens is 485 g/mol. The van der Waals surface area contributed by atoms with Gasteiger partial charge in [0.15, 0.2) is 0 Å². The average Bonchev–Trinajstić information content (AvgIpc) is 2.79. The molecule has 0 spiro atoms. The highest BCUT2D eigenvalue weighted by atomic mass is 35.5. The number of benzene rings is 3. The van der Waals surface area contributed by atoms with Crippen LogP contribution in [0.3, 0.4) is 0 Å². The van der Waals surface area contributed by atoms with E-state index in [9.17, 15) is 18.0 Å². The minimum atomic E-state index is -3.98. The number of anilines is 1. The van der Waals surface area contributed by atoms with Gasteiger partial charge in [-0.05, 0) is 54.8 Å². The molecule has 0 fully saturated rings. The maximum Gasteiger partial charge on any atom is 0.333 e. The zero-order chi connectivity index (χ0) is 23.3. The Hall–Kier alpha value is -3.07. The van der Waals surface area contributed by atoms with Crippen LogP contribution in [0.1, 0.15) is 12.0 Å². The fourth-order valence-electron chi connectivity index (χ4n) is 4.14. The molecule has 0 unspecified atom stereocenters. The van der Waals surface area contributed by atoms with Crippen molar-refractivity contribution < 1.29 is 8.42 Å². The van der Waals surface area contributed by atoms with Crippen molar-refractivity contribution >= 4 is 49.8 Å². The lowest BCUT2D eigenvalue weighted by Crippen LogP contribution is -2.36. The standard InChI is InChI=1S/C23H17Cl2N3O4S/c24-16-11-10-15(33(31,32)27-12-4-6-14-5-1-2-9-19(14)27)13-20(16)28-22(29)21-17(25)7-3-8-18(21)26-23(28)30/h1-3,5,7-11,13H,4,6,12H2,(H,26,30). The number of aromatic nitrogens is 2. The molecule has 3 aromatic carbocycles. The minimum absolute atomic E-state index is 0.0453. The number of aryl methyl sites for hydroxylation is 1. The molecule has 0 saturated carbocycles. The monoisotopic (exact) mass is 501 g/mol. The van der Waals surface area contributed by atoms with Gasteiger partial charge in [-0.15, -0.1) is 0 Å². The van der Waals surface area contributed by atoms with E-state index in [2.05, 4.69) is 4.98 Å². The molecule has 0 aliphatic carbocycles. The molecule has 1 aliphatic heterocycles. The van der Waals surface area contributed by atoms with E-state index in [1.165, 1.54) is 28.6 Å². The number of aromatic amines is 1. The molecule has 0 saturated heterocycles. The van der Waals surface area contributed by atoms with Crippen molar-refractivity contribution in [3.05, 3.63) is 97.1 Å². The summed E-state index contributed by atoms with van der Waals surface area (Å²) in [5.41, 5.74) is 0.342. The Morgan fingerprint density at radius 3 is 2.48 bits per heavy atom. The van der Waals surface area contributed by atoms with Gasteiger partial charge in [-0.2, -0.15) is 0 Å². The number of halogens is 2. The van der Waals surface area contributed by atoms with Crippen molar-refractivity contribution in [3.8, 4) is 5.69 Å². The summed E-state index contributed by atoms with van der Waals surface area (Å²) in [6, 6.07) is 16.0. The lowest BCUT2D eigenvalue weighted by molar-refractivity contribution is 0.586. The van der Waals surface area contributed by atoms with Crippen LogP contribution in [-0.2, 0) is 16.4 Å². The van der Waals surface area contributed by atoms with Gasteiger partial charge in [-0.1, -0.05) is 47.5 Å². The lowest BCUT2D eigenvalue weighted by atomic mass is 10.0. The Morgan fingerprint density at radius 2 is 1.67 bits per heavy atom. The normalized spacial score (nSPS) is 13.8. The summed E-state index contributed by atoms with van der Waals surface area (Å²) in [7, 11) is -3.98. The SMILES string of the molecule is O=c1[nH]c2cccc(Cl)c2c(=O)n1-c1cc(S(=O)(=O)N2CCCc3ccccc32)ccc1Cl. The predicted molar refractivity (Wildman–Crippen MR) is 129 cm³/mol. The van der Waals surface area contributed by atoms with Gasteiger partial charge in [0.05, 0.1) is 37.2 Å². The first-order valence-corrected chi connectivity index (χ1v) is 12.3. The quantitative estimate of drug-likeness (QED) is 0.456. The third-order valence-electron chi connectivity index (χ3n) is 5.69. The maximum atomic E-state index is 13.6. The number of nitrogens with zero attached hydrogens (tertiary/aromatic N) is 2. The van der Waals surface area contributed by atoms with Gasteiger partial charge in [0, 0.05) is 6.54 Å². The largest absolute Gasteiger partial charge is 0.333 e. The molecule has 7 nitrogen and oxygen atoms in total. The van der Waals surface area contributed by atoms with Crippen LogP contribution in [0, 0.1) is 0 Å². The summed E-state index contributed by atoms with van der Waals surface area (Å²) in [4.78, 5) is 28.5. The Labute approximate surface area is 198 Å². The summed E-state index contributed by atoms with van der Waals surface area (Å²) in [5.74, 6) is 0. The van der Waals surface area contributed by atoms with E-state index in [4.69, 9.17) is 23.2 Å². The van der Waals surface area contributed by atoms with Gasteiger partial charge in [-0.25, -0.2) is 17.8 Å². The topological polar surface area (TPSA) is 92.2 Å². The van der Waals surface area contributed by atoms with Crippen LogP contribution in [0.15, 0.2) is 75.1 Å². The second kappa shape index (κ2) is 8.06. The Bertz CT molecular complexity index is 1640. The van der Waals surface area contributed by atoms with E-state index in [0.29, 0.717) is 18.7 Å². The molecule has 168 valence electrons. The van der Waals surface area contributed by atoms with Crippen molar-refractivity contribution in [1.82, 2.24) is 9.55 Å². The molecule has 0 atom stereocenters. The van der Waals surface area contributed by atoms with E-state index in [1.54, 1.807) is 24.3 Å². The second-order valence-corrected chi connectivity index (χ2v) is 10.3. The smallest absolute Gasteiger partial charge is 0.306 e. The third-order valence-corrected chi connectivity index (χ3v) is 8.13. The molecule has 1 aromatic heterocycles. The van der Waals surface area contributed by atoms with Crippen LogP contribution in [0.2, 0.25) is 10.0 Å². The number of nitrogens with one attached hydrogen (secondary N) is 1. The zero-order valence-electron chi connectivity index (χ0n) is 17.1. The molecule has 1 N–H and O–H groups in total. The van der Waals surface area contributed by atoms with Crippen molar-refractivity contribution in [1.29, 1.82) is 0 Å². The lowest BCUT2D eigenvalue weighted by Gasteiger charge is -2.30. The summed E-state index contributed by atoms with van der Waals surface area (Å²) >= 11 is 12.5. The molecule has 5 rings (SSSR count). The summed E-state index contributed by atoms with van der Waals surface area (Å²) < 4.78 is 29.3. The molecule has 1 aliphatic rings. The molecule has 2 heterocycles. The fourth-order valence-corrected chi connectivity index (χ4v) is 6.16. The number of hydrogen-bond donors (Lipinski definition) is 1. The summed E-state index contributed by atoms with van der Waals surface area (Å²) in [6.07, 6.45) is 1.47. The maximum absolute atomic E-state index is 13.6. The molecule has 0 radical (unpaired) electrons. The minimum Gasteiger partial charge on any atom is -0.306 e. The van der Waals surface area contributed by atoms with E-state index in [1.807, 2.05) is 12.1 Å². The van der Waals surface area contributed by atoms with Crippen LogP contribution in [0.25, 0.3) is 16.6 Å². The van der Waals surface area contributed by atoms with Crippen LogP contribution in [0.5, 0.6) is 0 Å². The fraction of sp³-hybridized carbons (Fsp3) is 0.130. The summed E-state index contributed by atoms with van der Waals surface area (Å²) in [5, 5.41) is 0.312. The van der Waals surface area contributed by atoms with E-state index in [0.717, 1.165) is 16.6 Å². The van der Waals surface area contributed by atoms with E-state index < -0.39 is 21.3 Å². The Balaban J connectivity index is 1.71. The van der Waals surface area contributed by atoms with Gasteiger partial charge < -0.3 is 4.98 Å². The number of H-pyrrole nitrogens is 1. The molecular formula is C23H17Cl2N3O4S. The van der Waals surface area contributed by atoms with E-state index >= 15 is 0 Å². The van der Waals surface area contributed by atoms with Crippen LogP contribution in [-0.4, -0.2) is 24.5 Å². The van der Waals surface area contributed by atoms with Gasteiger partial charge >= 0.3 is 5.69 Å². The predicted octanol–water partition coefficient (Wildman–Crippen LogP) is 4.13.